The van der Waals surface area contributed by atoms with Crippen LogP contribution in [0.25, 0.3) is 0 Å². The SMILES string of the molecule is O=P(Cl)(Cl)Oc1ccc2c(c1)OP(=O)(Cl)O2. The lowest BCUT2D eigenvalue weighted by Gasteiger charge is -2.05. The Kier molecular flexibility index (Phi) is 3.11. The van der Waals surface area contributed by atoms with Gasteiger partial charge in [-0.25, -0.2) is 9.13 Å². The zero-order chi connectivity index (χ0) is 12.0. The van der Waals surface area contributed by atoms with Crippen molar-refractivity contribution in [2.75, 3.05) is 0 Å². The van der Waals surface area contributed by atoms with Crippen LogP contribution in [0, 0.1) is 0 Å². The van der Waals surface area contributed by atoms with E-state index < -0.39 is 13.0 Å². The molecule has 1 aliphatic heterocycles. The molecular formula is C6H3Cl3O5P2. The maximum atomic E-state index is 11.2. The Morgan fingerprint density at radius 2 is 1.88 bits per heavy atom. The van der Waals surface area contributed by atoms with Crippen LogP contribution >= 0.6 is 46.7 Å². The van der Waals surface area contributed by atoms with E-state index >= 15 is 0 Å². The van der Waals surface area contributed by atoms with E-state index in [1.54, 1.807) is 0 Å². The molecule has 88 valence electrons. The first kappa shape index (κ1) is 12.4. The highest BCUT2D eigenvalue weighted by molar-refractivity contribution is 8.05. The summed E-state index contributed by atoms with van der Waals surface area (Å²) < 4.78 is 36.5. The van der Waals surface area contributed by atoms with Gasteiger partial charge in [-0.1, -0.05) is 0 Å². The van der Waals surface area contributed by atoms with Gasteiger partial charge < -0.3 is 13.6 Å². The van der Waals surface area contributed by atoms with Crippen LogP contribution in [-0.2, 0) is 9.13 Å². The average molecular weight is 323 g/mol. The third kappa shape index (κ3) is 2.99. The quantitative estimate of drug-likeness (QED) is 0.734. The molecule has 0 radical (unpaired) electrons. The Hall–Kier alpha value is -0.0500. The average Bonchev–Trinajstić information content (AvgIpc) is 2.34. The molecule has 0 amide bonds. The third-order valence-corrected chi connectivity index (χ3v) is 3.62. The number of halogens is 3. The van der Waals surface area contributed by atoms with Crippen molar-refractivity contribution in [2.45, 2.75) is 0 Å². The molecule has 1 aromatic rings. The third-order valence-electron chi connectivity index (χ3n) is 1.54. The predicted molar refractivity (Wildman–Crippen MR) is 61.1 cm³/mol. The summed E-state index contributed by atoms with van der Waals surface area (Å²) in [4.78, 5) is 0. The van der Waals surface area contributed by atoms with Gasteiger partial charge in [0.05, 0.1) is 0 Å². The minimum atomic E-state index is -3.70. The summed E-state index contributed by atoms with van der Waals surface area (Å²) in [5.74, 6) is 0.400. The fourth-order valence-electron chi connectivity index (χ4n) is 1.07. The van der Waals surface area contributed by atoms with E-state index in [1.807, 2.05) is 0 Å². The molecule has 0 saturated heterocycles. The molecule has 16 heavy (non-hydrogen) atoms. The van der Waals surface area contributed by atoms with Gasteiger partial charge in [0.1, 0.15) is 5.75 Å². The first-order valence-corrected chi connectivity index (χ1v) is 9.65. The molecule has 1 unspecified atom stereocenters. The molecule has 0 bridgehead atoms. The predicted octanol–water partition coefficient (Wildman–Crippen LogP) is 4.77. The molecule has 0 fully saturated rings. The molecule has 0 N–H and O–H groups in total. The van der Waals surface area contributed by atoms with Crippen LogP contribution in [0.4, 0.5) is 0 Å². The normalized spacial score (nSPS) is 23.2. The van der Waals surface area contributed by atoms with Gasteiger partial charge >= 0.3 is 13.0 Å². The fraction of sp³-hybridized carbons (Fsp3) is 0. The molecule has 0 aliphatic carbocycles. The van der Waals surface area contributed by atoms with Crippen molar-refractivity contribution < 1.29 is 22.7 Å². The Morgan fingerprint density at radius 1 is 1.25 bits per heavy atom. The maximum absolute atomic E-state index is 11.2. The van der Waals surface area contributed by atoms with Gasteiger partial charge in [0.25, 0.3) is 0 Å². The molecule has 2 rings (SSSR count). The summed E-state index contributed by atoms with van der Waals surface area (Å²) in [6.45, 7) is -3.61. The Bertz CT molecular complexity index is 527. The van der Waals surface area contributed by atoms with Crippen molar-refractivity contribution in [3.8, 4) is 17.2 Å². The van der Waals surface area contributed by atoms with Crippen molar-refractivity contribution in [2.24, 2.45) is 0 Å². The van der Waals surface area contributed by atoms with E-state index in [1.165, 1.54) is 18.2 Å². The van der Waals surface area contributed by atoms with Crippen LogP contribution < -0.4 is 13.6 Å². The van der Waals surface area contributed by atoms with Crippen molar-refractivity contribution in [3.63, 3.8) is 0 Å². The van der Waals surface area contributed by atoms with Gasteiger partial charge in [-0.3, -0.25) is 0 Å². The molecular weight excluding hydrogens is 320 g/mol. The molecule has 10 heteroatoms. The summed E-state index contributed by atoms with van der Waals surface area (Å²) in [7, 11) is 0. The zero-order valence-corrected chi connectivity index (χ0v) is 11.4. The van der Waals surface area contributed by atoms with E-state index in [9.17, 15) is 9.13 Å². The highest BCUT2D eigenvalue weighted by atomic mass is 35.9. The maximum Gasteiger partial charge on any atom is 0.530 e. The first-order valence-electron chi connectivity index (χ1n) is 3.77. The summed E-state index contributed by atoms with van der Waals surface area (Å²) in [6.07, 6.45) is -3.70. The lowest BCUT2D eigenvalue weighted by Crippen LogP contribution is -1.82. The molecule has 0 spiro atoms. The van der Waals surface area contributed by atoms with Crippen LogP contribution in [0.5, 0.6) is 17.2 Å². The lowest BCUT2D eigenvalue weighted by molar-refractivity contribution is 0.452. The summed E-state index contributed by atoms with van der Waals surface area (Å²) >= 11 is 15.8. The number of benzene rings is 1. The number of hydrogen-bond acceptors (Lipinski definition) is 5. The van der Waals surface area contributed by atoms with Gasteiger partial charge in [-0.05, 0) is 12.1 Å². The second kappa shape index (κ2) is 4.01. The van der Waals surface area contributed by atoms with E-state index in [0.29, 0.717) is 0 Å². The number of rotatable bonds is 2. The first-order chi connectivity index (χ1) is 7.25. The smallest absolute Gasteiger partial charge is 0.422 e. The van der Waals surface area contributed by atoms with Crippen molar-refractivity contribution in [1.82, 2.24) is 0 Å². The van der Waals surface area contributed by atoms with E-state index in [0.717, 1.165) is 0 Å². The zero-order valence-electron chi connectivity index (χ0n) is 7.30. The highest BCUT2D eigenvalue weighted by Gasteiger charge is 2.35. The molecule has 0 saturated carbocycles. The minimum absolute atomic E-state index is 0.0919. The van der Waals surface area contributed by atoms with Crippen LogP contribution in [-0.4, -0.2) is 0 Å². The second-order valence-electron chi connectivity index (χ2n) is 2.73. The van der Waals surface area contributed by atoms with Gasteiger partial charge in [0.15, 0.2) is 11.5 Å². The van der Waals surface area contributed by atoms with Gasteiger partial charge in [-0.2, -0.15) is 0 Å². The van der Waals surface area contributed by atoms with Crippen molar-refractivity contribution >= 4 is 46.7 Å². The molecule has 1 atom stereocenters. The largest absolute Gasteiger partial charge is 0.530 e. The van der Waals surface area contributed by atoms with Gasteiger partial charge in [-0.15, -0.1) is 0 Å². The number of fused-ring (bicyclic) bond motifs is 1. The fourth-order valence-corrected chi connectivity index (χ4v) is 3.15. The van der Waals surface area contributed by atoms with E-state index in [2.05, 4.69) is 0 Å². The summed E-state index contributed by atoms with van der Waals surface area (Å²) in [5, 5.41) is 0. The highest BCUT2D eigenvalue weighted by Crippen LogP contribution is 2.63. The minimum Gasteiger partial charge on any atom is -0.422 e. The Balaban J connectivity index is 2.30. The van der Waals surface area contributed by atoms with Gasteiger partial charge in [0, 0.05) is 39.8 Å². The van der Waals surface area contributed by atoms with Crippen LogP contribution in [0.2, 0.25) is 0 Å². The van der Waals surface area contributed by atoms with E-state index in [-0.39, 0.29) is 17.2 Å². The lowest BCUT2D eigenvalue weighted by atomic mass is 10.3. The molecule has 5 nitrogen and oxygen atoms in total. The second-order valence-corrected chi connectivity index (χ2v) is 9.40. The Labute approximate surface area is 105 Å². The topological polar surface area (TPSA) is 61.8 Å². The monoisotopic (exact) mass is 322 g/mol. The molecule has 1 aromatic carbocycles. The molecule has 1 aliphatic rings. The summed E-state index contributed by atoms with van der Waals surface area (Å²) in [5.41, 5.74) is 0. The van der Waals surface area contributed by atoms with E-state index in [4.69, 9.17) is 47.3 Å². The standard InChI is InChI=1S/C6H3Cl3O5P2/c7-15(8,10)12-4-1-2-5-6(3-4)14-16(9,11)13-5/h1-3H. The van der Waals surface area contributed by atoms with Crippen LogP contribution in [0.3, 0.4) is 0 Å². The molecule has 0 aromatic heterocycles. The van der Waals surface area contributed by atoms with Crippen LogP contribution in [0.15, 0.2) is 18.2 Å². The molecule has 1 heterocycles. The Morgan fingerprint density at radius 3 is 2.50 bits per heavy atom. The van der Waals surface area contributed by atoms with Crippen molar-refractivity contribution in [3.05, 3.63) is 18.2 Å². The van der Waals surface area contributed by atoms with Gasteiger partial charge in [0.2, 0.25) is 0 Å². The van der Waals surface area contributed by atoms with Crippen molar-refractivity contribution in [1.29, 1.82) is 0 Å². The van der Waals surface area contributed by atoms with Crippen LogP contribution in [0.1, 0.15) is 0 Å². The summed E-state index contributed by atoms with van der Waals surface area (Å²) in [6, 6.07) is 4.03. The number of hydrogen-bond donors (Lipinski definition) is 0.